The molecule has 1 amide bonds. The van der Waals surface area contributed by atoms with Gasteiger partial charge in [-0.1, -0.05) is 24.3 Å². The maximum atomic E-state index is 12.9. The van der Waals surface area contributed by atoms with Gasteiger partial charge < -0.3 is 20.5 Å². The predicted molar refractivity (Wildman–Crippen MR) is 90.6 cm³/mol. The molecule has 0 radical (unpaired) electrons. The van der Waals surface area contributed by atoms with Gasteiger partial charge in [0.2, 0.25) is 0 Å². The van der Waals surface area contributed by atoms with Crippen molar-refractivity contribution in [2.75, 3.05) is 5.73 Å². The van der Waals surface area contributed by atoms with Crippen molar-refractivity contribution < 1.29 is 14.6 Å². The molecule has 24 heavy (non-hydrogen) atoms. The Morgan fingerprint density at radius 3 is 2.75 bits per heavy atom. The lowest BCUT2D eigenvalue weighted by molar-refractivity contribution is -0.0867. The molecule has 2 aliphatic heterocycles. The maximum absolute atomic E-state index is 12.9. The summed E-state index contributed by atoms with van der Waals surface area (Å²) < 4.78 is 5.95. The normalized spacial score (nSPS) is 24.3. The standard InChI is InChI=1S/C19H20N2O3/c1-19(2)17(22)16(14-8-7-12(20)9-15(14)24-19)21-10-11-5-3-4-6-13(11)18(21)23/h3-9,16-17,22H,10,20H2,1-2H3/t16-,17+/m1/s1. The van der Waals surface area contributed by atoms with Gasteiger partial charge in [-0.2, -0.15) is 0 Å². The van der Waals surface area contributed by atoms with Gasteiger partial charge in [0.05, 0.1) is 6.04 Å². The smallest absolute Gasteiger partial charge is 0.255 e. The van der Waals surface area contributed by atoms with E-state index >= 15 is 0 Å². The van der Waals surface area contributed by atoms with E-state index < -0.39 is 17.7 Å². The largest absolute Gasteiger partial charge is 0.485 e. The summed E-state index contributed by atoms with van der Waals surface area (Å²) in [6.45, 7) is 4.13. The van der Waals surface area contributed by atoms with Gasteiger partial charge >= 0.3 is 0 Å². The van der Waals surface area contributed by atoms with Crippen LogP contribution in [0, 0.1) is 0 Å². The van der Waals surface area contributed by atoms with E-state index in [4.69, 9.17) is 10.5 Å². The summed E-state index contributed by atoms with van der Waals surface area (Å²) in [6, 6.07) is 12.5. The molecule has 2 aliphatic rings. The molecular weight excluding hydrogens is 304 g/mol. The highest BCUT2D eigenvalue weighted by atomic mass is 16.5. The average Bonchev–Trinajstić information content (AvgIpc) is 2.86. The van der Waals surface area contributed by atoms with E-state index in [2.05, 4.69) is 0 Å². The zero-order valence-corrected chi connectivity index (χ0v) is 13.7. The zero-order valence-electron chi connectivity index (χ0n) is 13.7. The summed E-state index contributed by atoms with van der Waals surface area (Å²) in [4.78, 5) is 14.6. The minimum absolute atomic E-state index is 0.0601. The molecule has 3 N–H and O–H groups in total. The van der Waals surface area contributed by atoms with Crippen LogP contribution >= 0.6 is 0 Å². The van der Waals surface area contributed by atoms with Gasteiger partial charge in [0, 0.05) is 29.4 Å². The Morgan fingerprint density at radius 2 is 2.00 bits per heavy atom. The van der Waals surface area contributed by atoms with Crippen molar-refractivity contribution in [3.8, 4) is 5.75 Å². The molecule has 0 spiro atoms. The minimum Gasteiger partial charge on any atom is -0.485 e. The molecule has 2 atom stereocenters. The third-order valence-electron chi connectivity index (χ3n) is 4.93. The van der Waals surface area contributed by atoms with E-state index in [-0.39, 0.29) is 5.91 Å². The van der Waals surface area contributed by atoms with E-state index in [0.29, 0.717) is 23.5 Å². The van der Waals surface area contributed by atoms with Crippen LogP contribution in [0.3, 0.4) is 0 Å². The first-order valence-electron chi connectivity index (χ1n) is 8.04. The Bertz CT molecular complexity index is 831. The molecule has 0 saturated carbocycles. The average molecular weight is 324 g/mol. The van der Waals surface area contributed by atoms with Crippen LogP contribution in [-0.2, 0) is 6.54 Å². The number of amides is 1. The van der Waals surface area contributed by atoms with Crippen LogP contribution in [0.1, 0.15) is 41.4 Å². The SMILES string of the molecule is CC1(C)Oc2cc(N)ccc2[C@@H](N2Cc3ccccc3C2=O)[C@@H]1O. The maximum Gasteiger partial charge on any atom is 0.255 e. The molecule has 0 saturated heterocycles. The lowest BCUT2D eigenvalue weighted by Crippen LogP contribution is -2.53. The third-order valence-corrected chi connectivity index (χ3v) is 4.93. The number of benzene rings is 2. The summed E-state index contributed by atoms with van der Waals surface area (Å²) in [5.74, 6) is 0.564. The van der Waals surface area contributed by atoms with Crippen LogP contribution in [-0.4, -0.2) is 27.6 Å². The van der Waals surface area contributed by atoms with Gasteiger partial charge in [0.15, 0.2) is 0 Å². The second kappa shape index (κ2) is 4.98. The molecule has 0 unspecified atom stereocenters. The first-order valence-corrected chi connectivity index (χ1v) is 8.04. The highest BCUT2D eigenvalue weighted by Crippen LogP contribution is 2.45. The lowest BCUT2D eigenvalue weighted by Gasteiger charge is -2.45. The summed E-state index contributed by atoms with van der Waals surface area (Å²) in [6.07, 6.45) is -0.841. The fraction of sp³-hybridized carbons (Fsp3) is 0.316. The summed E-state index contributed by atoms with van der Waals surface area (Å²) >= 11 is 0. The Labute approximate surface area is 140 Å². The number of carbonyl (C=O) groups is 1. The summed E-state index contributed by atoms with van der Waals surface area (Å²) in [5, 5.41) is 10.9. The van der Waals surface area contributed by atoms with Crippen molar-refractivity contribution in [2.45, 2.75) is 38.1 Å². The fourth-order valence-corrected chi connectivity index (χ4v) is 3.62. The Morgan fingerprint density at radius 1 is 1.25 bits per heavy atom. The molecule has 5 nitrogen and oxygen atoms in total. The van der Waals surface area contributed by atoms with Crippen molar-refractivity contribution >= 4 is 11.6 Å². The number of aliphatic hydroxyl groups excluding tert-OH is 1. The number of rotatable bonds is 1. The molecule has 2 aromatic carbocycles. The number of ether oxygens (including phenoxy) is 1. The third kappa shape index (κ3) is 2.08. The molecule has 2 aromatic rings. The molecule has 4 rings (SSSR count). The van der Waals surface area contributed by atoms with Gasteiger partial charge in [0.1, 0.15) is 17.5 Å². The van der Waals surface area contributed by atoms with E-state index in [0.717, 1.165) is 11.1 Å². The van der Waals surface area contributed by atoms with Gasteiger partial charge in [-0.15, -0.1) is 0 Å². The van der Waals surface area contributed by atoms with Gasteiger partial charge in [-0.05, 0) is 31.5 Å². The Hall–Kier alpha value is -2.53. The number of fused-ring (bicyclic) bond motifs is 2. The van der Waals surface area contributed by atoms with Crippen molar-refractivity contribution in [1.29, 1.82) is 0 Å². The number of hydrogen-bond donors (Lipinski definition) is 2. The van der Waals surface area contributed by atoms with Gasteiger partial charge in [-0.3, -0.25) is 4.79 Å². The minimum atomic E-state index is -0.841. The molecule has 5 heteroatoms. The number of nitrogens with two attached hydrogens (primary N) is 1. The van der Waals surface area contributed by atoms with Crippen LogP contribution in [0.25, 0.3) is 0 Å². The van der Waals surface area contributed by atoms with Crippen LogP contribution < -0.4 is 10.5 Å². The number of nitrogens with zero attached hydrogens (tertiary/aromatic N) is 1. The highest BCUT2D eigenvalue weighted by Gasteiger charge is 2.48. The molecule has 0 bridgehead atoms. The summed E-state index contributed by atoms with van der Waals surface area (Å²) in [7, 11) is 0. The van der Waals surface area contributed by atoms with E-state index in [1.54, 1.807) is 17.0 Å². The second-order valence-electron chi connectivity index (χ2n) is 6.98. The first-order chi connectivity index (χ1) is 11.4. The van der Waals surface area contributed by atoms with Crippen molar-refractivity contribution in [3.05, 3.63) is 59.2 Å². The molecule has 0 fully saturated rings. The van der Waals surface area contributed by atoms with Crippen molar-refractivity contribution in [2.24, 2.45) is 0 Å². The molecule has 2 heterocycles. The van der Waals surface area contributed by atoms with Crippen molar-refractivity contribution in [3.63, 3.8) is 0 Å². The zero-order chi connectivity index (χ0) is 17.1. The molecular formula is C19H20N2O3. The van der Waals surface area contributed by atoms with Crippen LogP contribution in [0.15, 0.2) is 42.5 Å². The quantitative estimate of drug-likeness (QED) is 0.790. The van der Waals surface area contributed by atoms with Gasteiger partial charge in [-0.25, -0.2) is 0 Å². The van der Waals surface area contributed by atoms with Gasteiger partial charge in [0.25, 0.3) is 5.91 Å². The first kappa shape index (κ1) is 15.0. The van der Waals surface area contributed by atoms with Crippen LogP contribution in [0.4, 0.5) is 5.69 Å². The molecule has 124 valence electrons. The number of carbonyl (C=O) groups excluding carboxylic acids is 1. The Kier molecular flexibility index (Phi) is 3.12. The monoisotopic (exact) mass is 324 g/mol. The lowest BCUT2D eigenvalue weighted by atomic mass is 9.85. The summed E-state index contributed by atoms with van der Waals surface area (Å²) in [5.41, 5.74) is 8.12. The Balaban J connectivity index is 1.82. The topological polar surface area (TPSA) is 75.8 Å². The number of aliphatic hydroxyl groups is 1. The number of nitrogen functional groups attached to an aromatic ring is 1. The molecule has 0 aliphatic carbocycles. The van der Waals surface area contributed by atoms with E-state index in [9.17, 15) is 9.90 Å². The number of anilines is 1. The van der Waals surface area contributed by atoms with E-state index in [1.165, 1.54) is 0 Å². The highest BCUT2D eigenvalue weighted by molar-refractivity contribution is 5.98. The number of hydrogen-bond acceptors (Lipinski definition) is 4. The van der Waals surface area contributed by atoms with E-state index in [1.807, 2.05) is 44.2 Å². The second-order valence-corrected chi connectivity index (χ2v) is 6.98. The van der Waals surface area contributed by atoms with Crippen molar-refractivity contribution in [1.82, 2.24) is 4.90 Å². The molecule has 0 aromatic heterocycles. The van der Waals surface area contributed by atoms with Crippen LogP contribution in [0.5, 0.6) is 5.75 Å². The predicted octanol–water partition coefficient (Wildman–Crippen LogP) is 2.50. The fourth-order valence-electron chi connectivity index (χ4n) is 3.62. The van der Waals surface area contributed by atoms with Crippen LogP contribution in [0.2, 0.25) is 0 Å².